The molecule has 0 bridgehead atoms. The second kappa shape index (κ2) is 8.36. The van der Waals surface area contributed by atoms with E-state index in [2.05, 4.69) is 10.3 Å². The zero-order chi connectivity index (χ0) is 20.2. The molecule has 6 nitrogen and oxygen atoms in total. The van der Waals surface area contributed by atoms with Gasteiger partial charge in [-0.2, -0.15) is 0 Å². The number of carboxylic acids is 1. The highest BCUT2D eigenvalue weighted by molar-refractivity contribution is 5.93. The number of ether oxygens (including phenoxy) is 1. The van der Waals surface area contributed by atoms with Gasteiger partial charge in [0, 0.05) is 22.5 Å². The van der Waals surface area contributed by atoms with Crippen molar-refractivity contribution in [3.8, 4) is 5.75 Å². The molecule has 0 fully saturated rings. The predicted octanol–water partition coefficient (Wildman–Crippen LogP) is 4.35. The summed E-state index contributed by atoms with van der Waals surface area (Å²) in [6.07, 6.45) is 3.50. The van der Waals surface area contributed by atoms with E-state index in [1.54, 1.807) is 30.3 Å². The molecular formula is C22H21FN2O4. The predicted molar refractivity (Wildman–Crippen MR) is 108 cm³/mol. The molecule has 4 rings (SSSR count). The molecule has 3 N–H and O–H groups in total. The molecule has 2 aromatic carbocycles. The number of para-hydroxylation sites is 1. The third-order valence-corrected chi connectivity index (χ3v) is 4.77. The summed E-state index contributed by atoms with van der Waals surface area (Å²) in [6.45, 7) is 2.03. The van der Waals surface area contributed by atoms with E-state index in [0.717, 1.165) is 42.4 Å². The van der Waals surface area contributed by atoms with Gasteiger partial charge in [0.1, 0.15) is 5.82 Å². The molecule has 0 radical (unpaired) electrons. The molecule has 0 amide bonds. The molecule has 2 heterocycles. The molecule has 7 heteroatoms. The lowest BCUT2D eigenvalue weighted by Crippen LogP contribution is -2.20. The minimum absolute atomic E-state index is 0.102. The molecule has 0 saturated heterocycles. The molecule has 4 aromatic rings. The number of rotatable bonds is 9. The fraction of sp³-hybridized carbons (Fsp3) is 0.227. The van der Waals surface area contributed by atoms with E-state index in [1.807, 2.05) is 6.20 Å². The fourth-order valence-corrected chi connectivity index (χ4v) is 3.34. The van der Waals surface area contributed by atoms with Crippen molar-refractivity contribution in [3.63, 3.8) is 0 Å². The van der Waals surface area contributed by atoms with E-state index in [-0.39, 0.29) is 11.6 Å². The highest BCUT2D eigenvalue weighted by Gasteiger charge is 2.13. The summed E-state index contributed by atoms with van der Waals surface area (Å²) in [4.78, 5) is 14.2. The first-order chi connectivity index (χ1) is 14.1. The first-order valence-corrected chi connectivity index (χ1v) is 9.47. The molecule has 0 atom stereocenters. The van der Waals surface area contributed by atoms with Crippen LogP contribution >= 0.6 is 0 Å². The number of benzene rings is 2. The molecule has 0 aliphatic rings. The Kier molecular flexibility index (Phi) is 5.48. The van der Waals surface area contributed by atoms with E-state index >= 15 is 0 Å². The normalized spacial score (nSPS) is 11.3. The molecule has 0 unspecified atom stereocenters. The number of carbonyl (C=O) groups is 1. The van der Waals surface area contributed by atoms with Crippen molar-refractivity contribution in [3.05, 3.63) is 65.8 Å². The standard InChI is InChI=1S/C22H21FN2O4/c23-16-5-6-18-17(12-16)15(13-25-18)7-9-24-8-2-10-28-19-4-1-3-14-11-20(22(26)27)29-21(14)19/h1,3-6,11-13,24-25H,2,7-10H2,(H,26,27). The van der Waals surface area contributed by atoms with Gasteiger partial charge in [-0.15, -0.1) is 0 Å². The van der Waals surface area contributed by atoms with Crippen molar-refractivity contribution in [2.45, 2.75) is 12.8 Å². The monoisotopic (exact) mass is 396 g/mol. The van der Waals surface area contributed by atoms with Crippen LogP contribution in [0, 0.1) is 5.82 Å². The second-order valence-corrected chi connectivity index (χ2v) is 6.80. The van der Waals surface area contributed by atoms with Crippen molar-refractivity contribution < 1.29 is 23.4 Å². The number of aromatic carboxylic acids is 1. The van der Waals surface area contributed by atoms with E-state index < -0.39 is 5.97 Å². The van der Waals surface area contributed by atoms with Gasteiger partial charge in [-0.3, -0.25) is 0 Å². The lowest BCUT2D eigenvalue weighted by Gasteiger charge is -2.07. The maximum Gasteiger partial charge on any atom is 0.371 e. The van der Waals surface area contributed by atoms with Gasteiger partial charge in [0.15, 0.2) is 11.3 Å². The molecule has 0 aliphatic heterocycles. The number of nitrogens with one attached hydrogen (secondary N) is 2. The number of aromatic amines is 1. The Morgan fingerprint density at radius 1 is 1.21 bits per heavy atom. The molecule has 29 heavy (non-hydrogen) atoms. The average Bonchev–Trinajstić information content (AvgIpc) is 3.32. The molecule has 0 aliphatic carbocycles. The molecule has 2 aromatic heterocycles. The lowest BCUT2D eigenvalue weighted by atomic mass is 10.1. The number of hydrogen-bond donors (Lipinski definition) is 3. The number of hydrogen-bond acceptors (Lipinski definition) is 4. The number of aromatic nitrogens is 1. The summed E-state index contributed by atoms with van der Waals surface area (Å²) in [7, 11) is 0. The third kappa shape index (κ3) is 4.25. The minimum atomic E-state index is -1.10. The molecule has 150 valence electrons. The van der Waals surface area contributed by atoms with E-state index in [9.17, 15) is 9.18 Å². The van der Waals surface area contributed by atoms with Crippen molar-refractivity contribution in [1.82, 2.24) is 10.3 Å². The molecule has 0 spiro atoms. The zero-order valence-electron chi connectivity index (χ0n) is 15.7. The van der Waals surface area contributed by atoms with Gasteiger partial charge in [0.05, 0.1) is 6.61 Å². The summed E-state index contributed by atoms with van der Waals surface area (Å²) in [5.41, 5.74) is 2.47. The minimum Gasteiger partial charge on any atom is -0.490 e. The third-order valence-electron chi connectivity index (χ3n) is 4.77. The summed E-state index contributed by atoms with van der Waals surface area (Å²) in [5, 5.41) is 14.0. The van der Waals surface area contributed by atoms with Gasteiger partial charge in [0.25, 0.3) is 0 Å². The smallest absolute Gasteiger partial charge is 0.371 e. The zero-order valence-corrected chi connectivity index (χ0v) is 15.7. The van der Waals surface area contributed by atoms with Crippen LogP contribution in [0.2, 0.25) is 0 Å². The van der Waals surface area contributed by atoms with E-state index in [4.69, 9.17) is 14.3 Å². The number of carboxylic acid groups (broad SMARTS) is 1. The van der Waals surface area contributed by atoms with E-state index in [0.29, 0.717) is 23.3 Å². The van der Waals surface area contributed by atoms with Crippen LogP contribution < -0.4 is 10.1 Å². The Balaban J connectivity index is 1.23. The lowest BCUT2D eigenvalue weighted by molar-refractivity contribution is 0.0665. The first kappa shape index (κ1) is 19.0. The number of fused-ring (bicyclic) bond motifs is 2. The van der Waals surface area contributed by atoms with Crippen LogP contribution in [-0.4, -0.2) is 35.8 Å². The first-order valence-electron chi connectivity index (χ1n) is 9.47. The number of furan rings is 1. The Labute approximate surface area is 166 Å². The Morgan fingerprint density at radius 3 is 2.97 bits per heavy atom. The summed E-state index contributed by atoms with van der Waals surface area (Å²) in [6, 6.07) is 11.6. The number of H-pyrrole nitrogens is 1. The van der Waals surface area contributed by atoms with Crippen molar-refractivity contribution >= 4 is 27.8 Å². The van der Waals surface area contributed by atoms with Gasteiger partial charge in [-0.25, -0.2) is 9.18 Å². The van der Waals surface area contributed by atoms with Gasteiger partial charge in [-0.1, -0.05) is 12.1 Å². The Bertz CT molecular complexity index is 1150. The van der Waals surface area contributed by atoms with Gasteiger partial charge >= 0.3 is 5.97 Å². The topological polar surface area (TPSA) is 87.5 Å². The maximum absolute atomic E-state index is 13.4. The summed E-state index contributed by atoms with van der Waals surface area (Å²) in [5.74, 6) is -0.898. The van der Waals surface area contributed by atoms with Crippen LogP contribution in [0.4, 0.5) is 4.39 Å². The maximum atomic E-state index is 13.4. The number of halogens is 1. The summed E-state index contributed by atoms with van der Waals surface area (Å²) >= 11 is 0. The van der Waals surface area contributed by atoms with Crippen LogP contribution in [0.25, 0.3) is 21.9 Å². The second-order valence-electron chi connectivity index (χ2n) is 6.80. The van der Waals surface area contributed by atoms with Crippen LogP contribution in [-0.2, 0) is 6.42 Å². The van der Waals surface area contributed by atoms with Crippen molar-refractivity contribution in [2.24, 2.45) is 0 Å². The highest BCUT2D eigenvalue weighted by atomic mass is 19.1. The quantitative estimate of drug-likeness (QED) is 0.366. The summed E-state index contributed by atoms with van der Waals surface area (Å²) < 4.78 is 24.6. The Hall–Kier alpha value is -3.32. The SMILES string of the molecule is O=C(O)c1cc2cccc(OCCCNCCc3c[nH]c4ccc(F)cc34)c2o1. The Morgan fingerprint density at radius 2 is 2.10 bits per heavy atom. The van der Waals surface area contributed by atoms with Crippen LogP contribution in [0.15, 0.2) is 53.1 Å². The molecule has 0 saturated carbocycles. The van der Waals surface area contributed by atoms with Crippen molar-refractivity contribution in [1.29, 1.82) is 0 Å². The highest BCUT2D eigenvalue weighted by Crippen LogP contribution is 2.28. The van der Waals surface area contributed by atoms with Gasteiger partial charge in [0.2, 0.25) is 5.76 Å². The van der Waals surface area contributed by atoms with Crippen LogP contribution in [0.5, 0.6) is 5.75 Å². The van der Waals surface area contributed by atoms with Gasteiger partial charge < -0.3 is 24.6 Å². The van der Waals surface area contributed by atoms with E-state index in [1.165, 1.54) is 12.1 Å². The molecular weight excluding hydrogens is 375 g/mol. The largest absolute Gasteiger partial charge is 0.490 e. The fourth-order valence-electron chi connectivity index (χ4n) is 3.34. The van der Waals surface area contributed by atoms with Crippen LogP contribution in [0.3, 0.4) is 0 Å². The van der Waals surface area contributed by atoms with Gasteiger partial charge in [-0.05, 0) is 61.8 Å². The van der Waals surface area contributed by atoms with Crippen molar-refractivity contribution in [2.75, 3.05) is 19.7 Å². The van der Waals surface area contributed by atoms with Crippen LogP contribution in [0.1, 0.15) is 22.5 Å². The average molecular weight is 396 g/mol.